The van der Waals surface area contributed by atoms with E-state index < -0.39 is 15.9 Å². The van der Waals surface area contributed by atoms with E-state index in [0.29, 0.717) is 15.4 Å². The molecular weight excluding hydrogens is 479 g/mol. The van der Waals surface area contributed by atoms with Crippen LogP contribution >= 0.6 is 39.1 Å². The second kappa shape index (κ2) is 7.93. The van der Waals surface area contributed by atoms with E-state index in [-0.39, 0.29) is 21.4 Å². The number of hydrogen-bond acceptors (Lipinski definition) is 4. The van der Waals surface area contributed by atoms with Crippen molar-refractivity contribution in [2.24, 2.45) is 0 Å². The van der Waals surface area contributed by atoms with Crippen LogP contribution in [0.25, 0.3) is 0 Å². The molecule has 140 valence electrons. The smallest absolute Gasteiger partial charge is 0.291 e. The molecule has 0 saturated carbocycles. The highest BCUT2D eigenvalue weighted by molar-refractivity contribution is 9.10. The molecule has 2 aromatic carbocycles. The Morgan fingerprint density at radius 3 is 2.19 bits per heavy atom. The average molecular weight is 490 g/mol. The predicted octanol–water partition coefficient (Wildman–Crippen LogP) is 5.40. The summed E-state index contributed by atoms with van der Waals surface area (Å²) in [6, 6.07) is 13.2. The molecule has 0 atom stereocenters. The van der Waals surface area contributed by atoms with E-state index in [1.165, 1.54) is 48.5 Å². The number of amides is 1. The van der Waals surface area contributed by atoms with E-state index in [4.69, 9.17) is 27.6 Å². The van der Waals surface area contributed by atoms with E-state index in [2.05, 4.69) is 26.0 Å². The average Bonchev–Trinajstić information content (AvgIpc) is 3.05. The molecule has 0 fully saturated rings. The molecule has 10 heteroatoms. The zero-order valence-corrected chi connectivity index (χ0v) is 17.3. The minimum Gasteiger partial charge on any atom is -0.444 e. The van der Waals surface area contributed by atoms with Gasteiger partial charge in [0.2, 0.25) is 0 Å². The highest BCUT2D eigenvalue weighted by atomic mass is 79.9. The molecule has 2 N–H and O–H groups in total. The number of nitrogens with one attached hydrogen (secondary N) is 2. The maximum atomic E-state index is 12.5. The van der Waals surface area contributed by atoms with Gasteiger partial charge in [-0.15, -0.1) is 0 Å². The molecule has 3 rings (SSSR count). The fourth-order valence-corrected chi connectivity index (χ4v) is 3.77. The van der Waals surface area contributed by atoms with Gasteiger partial charge in [0.1, 0.15) is 0 Å². The molecule has 1 aromatic heterocycles. The monoisotopic (exact) mass is 488 g/mol. The normalized spacial score (nSPS) is 11.2. The summed E-state index contributed by atoms with van der Waals surface area (Å²) in [5.74, 6) is -0.329. The first-order valence-electron chi connectivity index (χ1n) is 7.39. The van der Waals surface area contributed by atoms with Crippen LogP contribution in [-0.4, -0.2) is 14.3 Å². The number of sulfonamides is 1. The van der Waals surface area contributed by atoms with Crippen LogP contribution < -0.4 is 10.0 Å². The SMILES string of the molecule is O=C(Nc1ccc(S(=O)(=O)Nc2ccc(Cl)c(Cl)c2)cc1)c1ccc(Br)o1. The largest absolute Gasteiger partial charge is 0.444 e. The van der Waals surface area contributed by atoms with E-state index in [1.54, 1.807) is 6.07 Å². The molecule has 1 amide bonds. The first kappa shape index (κ1) is 19.8. The summed E-state index contributed by atoms with van der Waals surface area (Å²) in [7, 11) is -3.83. The van der Waals surface area contributed by atoms with Gasteiger partial charge in [0, 0.05) is 5.69 Å². The van der Waals surface area contributed by atoms with Gasteiger partial charge in [-0.3, -0.25) is 9.52 Å². The van der Waals surface area contributed by atoms with Crippen LogP contribution in [0.3, 0.4) is 0 Å². The number of halogens is 3. The van der Waals surface area contributed by atoms with Gasteiger partial charge in [0.25, 0.3) is 15.9 Å². The number of carbonyl (C=O) groups is 1. The third-order valence-electron chi connectivity index (χ3n) is 3.39. The molecule has 1 heterocycles. The Labute approximate surface area is 173 Å². The number of rotatable bonds is 5. The second-order valence-electron chi connectivity index (χ2n) is 5.32. The van der Waals surface area contributed by atoms with Crippen molar-refractivity contribution in [1.29, 1.82) is 0 Å². The Hall–Kier alpha value is -2.00. The quantitative estimate of drug-likeness (QED) is 0.502. The third kappa shape index (κ3) is 4.84. The topological polar surface area (TPSA) is 88.4 Å². The molecule has 0 radical (unpaired) electrons. The van der Waals surface area contributed by atoms with Crippen molar-refractivity contribution in [2.75, 3.05) is 10.0 Å². The van der Waals surface area contributed by atoms with Gasteiger partial charge in [0.15, 0.2) is 10.4 Å². The van der Waals surface area contributed by atoms with Crippen molar-refractivity contribution >= 4 is 66.4 Å². The first-order chi connectivity index (χ1) is 12.7. The number of furan rings is 1. The van der Waals surface area contributed by atoms with Gasteiger partial charge >= 0.3 is 0 Å². The van der Waals surface area contributed by atoms with Crippen LogP contribution in [0.4, 0.5) is 11.4 Å². The van der Waals surface area contributed by atoms with Crippen molar-refractivity contribution in [3.05, 3.63) is 75.1 Å². The van der Waals surface area contributed by atoms with Crippen molar-refractivity contribution < 1.29 is 17.6 Å². The van der Waals surface area contributed by atoms with Crippen molar-refractivity contribution in [3.63, 3.8) is 0 Å². The van der Waals surface area contributed by atoms with Crippen LogP contribution in [0, 0.1) is 0 Å². The van der Waals surface area contributed by atoms with Crippen molar-refractivity contribution in [2.45, 2.75) is 4.90 Å². The number of carbonyl (C=O) groups excluding carboxylic acids is 1. The Morgan fingerprint density at radius 2 is 1.59 bits per heavy atom. The summed E-state index contributed by atoms with van der Waals surface area (Å²) in [6.07, 6.45) is 0. The fraction of sp³-hybridized carbons (Fsp3) is 0. The third-order valence-corrected chi connectivity index (χ3v) is 5.95. The maximum Gasteiger partial charge on any atom is 0.291 e. The summed E-state index contributed by atoms with van der Waals surface area (Å²) in [4.78, 5) is 12.1. The maximum absolute atomic E-state index is 12.5. The van der Waals surface area contributed by atoms with E-state index in [1.807, 2.05) is 0 Å². The molecule has 6 nitrogen and oxygen atoms in total. The minimum absolute atomic E-state index is 0.0207. The Kier molecular flexibility index (Phi) is 5.81. The number of hydrogen-bond donors (Lipinski definition) is 2. The van der Waals surface area contributed by atoms with E-state index in [9.17, 15) is 13.2 Å². The first-order valence-corrected chi connectivity index (χ1v) is 10.4. The summed E-state index contributed by atoms with van der Waals surface area (Å²) >= 11 is 14.8. The van der Waals surface area contributed by atoms with E-state index >= 15 is 0 Å². The minimum atomic E-state index is -3.83. The van der Waals surface area contributed by atoms with Crippen LogP contribution in [0.2, 0.25) is 10.0 Å². The highest BCUT2D eigenvalue weighted by Gasteiger charge is 2.16. The number of benzene rings is 2. The van der Waals surface area contributed by atoms with Crippen LogP contribution in [-0.2, 0) is 10.0 Å². The lowest BCUT2D eigenvalue weighted by molar-refractivity contribution is 0.0995. The van der Waals surface area contributed by atoms with Gasteiger partial charge in [-0.25, -0.2) is 8.42 Å². The highest BCUT2D eigenvalue weighted by Crippen LogP contribution is 2.27. The van der Waals surface area contributed by atoms with Crippen LogP contribution in [0.15, 0.2) is 68.6 Å². The predicted molar refractivity (Wildman–Crippen MR) is 108 cm³/mol. The summed E-state index contributed by atoms with van der Waals surface area (Å²) in [5, 5.41) is 3.17. The molecular formula is C17H11BrCl2N2O4S. The van der Waals surface area contributed by atoms with Gasteiger partial charge < -0.3 is 9.73 Å². The molecule has 0 unspecified atom stereocenters. The standard InChI is InChI=1S/C17H11BrCl2N2O4S/c18-16-8-7-15(26-16)17(23)21-10-1-4-12(5-2-10)27(24,25)22-11-3-6-13(19)14(20)9-11/h1-9,22H,(H,21,23). The lowest BCUT2D eigenvalue weighted by atomic mass is 10.3. The summed E-state index contributed by atoms with van der Waals surface area (Å²) < 4.78 is 32.9. The lowest BCUT2D eigenvalue weighted by Gasteiger charge is -2.10. The molecule has 3 aromatic rings. The molecule has 0 bridgehead atoms. The lowest BCUT2D eigenvalue weighted by Crippen LogP contribution is -2.14. The molecule has 27 heavy (non-hydrogen) atoms. The molecule has 0 saturated heterocycles. The van der Waals surface area contributed by atoms with Crippen LogP contribution in [0.1, 0.15) is 10.6 Å². The van der Waals surface area contributed by atoms with Crippen molar-refractivity contribution in [1.82, 2.24) is 0 Å². The van der Waals surface area contributed by atoms with Gasteiger partial charge in [0.05, 0.1) is 20.6 Å². The Bertz CT molecular complexity index is 1100. The van der Waals surface area contributed by atoms with E-state index in [0.717, 1.165) is 0 Å². The zero-order valence-electron chi connectivity index (χ0n) is 13.4. The van der Waals surface area contributed by atoms with Gasteiger partial charge in [-0.2, -0.15) is 0 Å². The Balaban J connectivity index is 1.73. The number of anilines is 2. The Morgan fingerprint density at radius 1 is 0.926 bits per heavy atom. The van der Waals surface area contributed by atoms with Gasteiger partial charge in [-0.05, 0) is 70.5 Å². The summed E-state index contributed by atoms with van der Waals surface area (Å²) in [5.41, 5.74) is 0.700. The zero-order chi connectivity index (χ0) is 19.6. The summed E-state index contributed by atoms with van der Waals surface area (Å²) in [6.45, 7) is 0. The second-order valence-corrected chi connectivity index (χ2v) is 8.60. The molecule has 0 aliphatic heterocycles. The van der Waals surface area contributed by atoms with Gasteiger partial charge in [-0.1, -0.05) is 23.2 Å². The van der Waals surface area contributed by atoms with Crippen molar-refractivity contribution in [3.8, 4) is 0 Å². The molecule has 0 aliphatic rings. The molecule has 0 aliphatic carbocycles. The molecule has 0 spiro atoms. The van der Waals surface area contributed by atoms with Crippen LogP contribution in [0.5, 0.6) is 0 Å². The fourth-order valence-electron chi connectivity index (χ4n) is 2.12.